The van der Waals surface area contributed by atoms with E-state index in [1.807, 2.05) is 44.3 Å². The number of hydrogen-bond donors (Lipinski definition) is 0. The van der Waals surface area contributed by atoms with Crippen LogP contribution in [0.25, 0.3) is 11.0 Å². The normalized spacial score (nSPS) is 11.1. The van der Waals surface area contributed by atoms with Crippen molar-refractivity contribution >= 4 is 11.0 Å². The number of benzene rings is 1. The van der Waals surface area contributed by atoms with Crippen LogP contribution >= 0.6 is 0 Å². The summed E-state index contributed by atoms with van der Waals surface area (Å²) in [6.07, 6.45) is 1.59. The summed E-state index contributed by atoms with van der Waals surface area (Å²) in [5.74, 6) is 0. The van der Waals surface area contributed by atoms with Gasteiger partial charge in [-0.05, 0) is 12.5 Å². The lowest BCUT2D eigenvalue weighted by molar-refractivity contribution is 0.734. The molecule has 5 nitrogen and oxygen atoms in total. The topological polar surface area (TPSA) is 52.7 Å². The Balaban J connectivity index is 2.11. The van der Waals surface area contributed by atoms with Gasteiger partial charge in [-0.2, -0.15) is 5.10 Å². The number of rotatable bonds is 2. The second-order valence-electron chi connectivity index (χ2n) is 4.57. The van der Waals surface area contributed by atoms with Gasteiger partial charge < -0.3 is 0 Å². The van der Waals surface area contributed by atoms with Gasteiger partial charge in [0.15, 0.2) is 5.52 Å². The molecule has 0 aliphatic rings. The SMILES string of the molecule is Cc1c2ncn(Cc3ccccc3)c(=O)c2nn1C. The molecule has 96 valence electrons. The minimum atomic E-state index is -0.0995. The van der Waals surface area contributed by atoms with Gasteiger partial charge in [0.1, 0.15) is 5.52 Å². The fraction of sp³-hybridized carbons (Fsp3) is 0.214. The Labute approximate surface area is 110 Å². The smallest absolute Gasteiger partial charge is 0.282 e. The zero-order valence-corrected chi connectivity index (χ0v) is 10.9. The molecule has 0 spiro atoms. The molecule has 3 aromatic rings. The number of aryl methyl sites for hydroxylation is 2. The van der Waals surface area contributed by atoms with Gasteiger partial charge >= 0.3 is 0 Å². The molecule has 0 N–H and O–H groups in total. The van der Waals surface area contributed by atoms with Crippen LogP contribution in [0, 0.1) is 6.92 Å². The maximum Gasteiger partial charge on any atom is 0.282 e. The number of hydrogen-bond acceptors (Lipinski definition) is 3. The molecule has 2 heterocycles. The highest BCUT2D eigenvalue weighted by Gasteiger charge is 2.11. The standard InChI is InChI=1S/C14H14N4O/c1-10-12-13(16-17(10)2)14(19)18(9-15-12)8-11-6-4-3-5-7-11/h3-7,9H,8H2,1-2H3. The fourth-order valence-corrected chi connectivity index (χ4v) is 2.10. The van der Waals surface area contributed by atoms with E-state index in [0.717, 1.165) is 11.3 Å². The van der Waals surface area contributed by atoms with Crippen LogP contribution in [-0.4, -0.2) is 19.3 Å². The number of aromatic nitrogens is 4. The Hall–Kier alpha value is -2.43. The molecule has 5 heteroatoms. The summed E-state index contributed by atoms with van der Waals surface area (Å²) in [7, 11) is 1.82. The van der Waals surface area contributed by atoms with Crippen molar-refractivity contribution in [1.29, 1.82) is 0 Å². The molecule has 19 heavy (non-hydrogen) atoms. The van der Waals surface area contributed by atoms with Gasteiger partial charge in [-0.3, -0.25) is 14.0 Å². The second kappa shape index (κ2) is 4.35. The lowest BCUT2D eigenvalue weighted by Gasteiger charge is -2.04. The van der Waals surface area contributed by atoms with E-state index in [1.165, 1.54) is 0 Å². The summed E-state index contributed by atoms with van der Waals surface area (Å²) in [5.41, 5.74) is 2.98. The zero-order valence-electron chi connectivity index (χ0n) is 10.9. The van der Waals surface area contributed by atoms with E-state index in [-0.39, 0.29) is 5.56 Å². The quantitative estimate of drug-likeness (QED) is 0.696. The molecule has 0 bridgehead atoms. The van der Waals surface area contributed by atoms with Crippen LogP contribution < -0.4 is 5.56 Å². The van der Waals surface area contributed by atoms with Crippen molar-refractivity contribution in [3.63, 3.8) is 0 Å². The Morgan fingerprint density at radius 1 is 1.16 bits per heavy atom. The van der Waals surface area contributed by atoms with Crippen LogP contribution in [-0.2, 0) is 13.6 Å². The van der Waals surface area contributed by atoms with Gasteiger partial charge in [0.2, 0.25) is 0 Å². The van der Waals surface area contributed by atoms with Gasteiger partial charge in [-0.15, -0.1) is 0 Å². The summed E-state index contributed by atoms with van der Waals surface area (Å²) in [6.45, 7) is 2.42. The number of nitrogens with zero attached hydrogens (tertiary/aromatic N) is 4. The van der Waals surface area contributed by atoms with Gasteiger partial charge in [-0.25, -0.2) is 4.98 Å². The van der Waals surface area contributed by atoms with E-state index in [9.17, 15) is 4.79 Å². The maximum absolute atomic E-state index is 12.3. The first-order chi connectivity index (χ1) is 9.16. The molecular formula is C14H14N4O. The first-order valence-corrected chi connectivity index (χ1v) is 6.09. The van der Waals surface area contributed by atoms with Gasteiger partial charge in [0.25, 0.3) is 5.56 Å². The summed E-state index contributed by atoms with van der Waals surface area (Å²) in [5, 5.41) is 4.24. The summed E-state index contributed by atoms with van der Waals surface area (Å²) < 4.78 is 3.27. The third kappa shape index (κ3) is 1.93. The molecule has 0 unspecified atom stereocenters. The largest absolute Gasteiger partial charge is 0.293 e. The lowest BCUT2D eigenvalue weighted by atomic mass is 10.2. The van der Waals surface area contributed by atoms with E-state index in [0.29, 0.717) is 17.6 Å². The van der Waals surface area contributed by atoms with Crippen LogP contribution in [0.3, 0.4) is 0 Å². The molecule has 0 saturated heterocycles. The molecule has 0 fully saturated rings. The van der Waals surface area contributed by atoms with Crippen LogP contribution in [0.4, 0.5) is 0 Å². The first-order valence-electron chi connectivity index (χ1n) is 6.09. The Morgan fingerprint density at radius 2 is 1.89 bits per heavy atom. The van der Waals surface area contributed by atoms with E-state index >= 15 is 0 Å². The third-order valence-electron chi connectivity index (χ3n) is 3.29. The predicted octanol–water partition coefficient (Wildman–Crippen LogP) is 1.49. The summed E-state index contributed by atoms with van der Waals surface area (Å²) in [4.78, 5) is 16.7. The van der Waals surface area contributed by atoms with E-state index in [2.05, 4.69) is 10.1 Å². The van der Waals surface area contributed by atoms with Crippen molar-refractivity contribution in [2.75, 3.05) is 0 Å². The molecular weight excluding hydrogens is 240 g/mol. The van der Waals surface area contributed by atoms with Gasteiger partial charge in [0.05, 0.1) is 18.6 Å². The summed E-state index contributed by atoms with van der Waals surface area (Å²) >= 11 is 0. The average molecular weight is 254 g/mol. The molecule has 1 aromatic carbocycles. The fourth-order valence-electron chi connectivity index (χ4n) is 2.10. The molecule has 0 aliphatic heterocycles. The van der Waals surface area contributed by atoms with Gasteiger partial charge in [-0.1, -0.05) is 30.3 Å². The van der Waals surface area contributed by atoms with Crippen molar-refractivity contribution in [3.8, 4) is 0 Å². The molecule has 0 aliphatic carbocycles. The van der Waals surface area contributed by atoms with E-state index < -0.39 is 0 Å². The highest BCUT2D eigenvalue weighted by molar-refractivity contribution is 5.75. The predicted molar refractivity (Wildman–Crippen MR) is 73.1 cm³/mol. The lowest BCUT2D eigenvalue weighted by Crippen LogP contribution is -2.21. The minimum Gasteiger partial charge on any atom is -0.293 e. The minimum absolute atomic E-state index is 0.0995. The molecule has 0 radical (unpaired) electrons. The average Bonchev–Trinajstić information content (AvgIpc) is 2.71. The van der Waals surface area contributed by atoms with Crippen molar-refractivity contribution in [1.82, 2.24) is 19.3 Å². The monoisotopic (exact) mass is 254 g/mol. The zero-order chi connectivity index (χ0) is 13.4. The van der Waals surface area contributed by atoms with Crippen molar-refractivity contribution < 1.29 is 0 Å². The molecule has 3 rings (SSSR count). The second-order valence-corrected chi connectivity index (χ2v) is 4.57. The highest BCUT2D eigenvalue weighted by Crippen LogP contribution is 2.10. The van der Waals surface area contributed by atoms with Crippen LogP contribution in [0.2, 0.25) is 0 Å². The molecule has 0 atom stereocenters. The maximum atomic E-state index is 12.3. The third-order valence-corrected chi connectivity index (χ3v) is 3.29. The van der Waals surface area contributed by atoms with Crippen LogP contribution in [0.1, 0.15) is 11.3 Å². The van der Waals surface area contributed by atoms with Crippen LogP contribution in [0.15, 0.2) is 41.5 Å². The first kappa shape index (κ1) is 11.6. The van der Waals surface area contributed by atoms with Crippen LogP contribution in [0.5, 0.6) is 0 Å². The van der Waals surface area contributed by atoms with E-state index in [1.54, 1.807) is 15.6 Å². The molecule has 2 aromatic heterocycles. The Kier molecular flexibility index (Phi) is 2.67. The number of fused-ring (bicyclic) bond motifs is 1. The van der Waals surface area contributed by atoms with Gasteiger partial charge in [0, 0.05) is 7.05 Å². The summed E-state index contributed by atoms with van der Waals surface area (Å²) in [6, 6.07) is 9.84. The van der Waals surface area contributed by atoms with E-state index in [4.69, 9.17) is 0 Å². The highest BCUT2D eigenvalue weighted by atomic mass is 16.1. The molecule has 0 amide bonds. The van der Waals surface area contributed by atoms with Crippen molar-refractivity contribution in [3.05, 3.63) is 58.3 Å². The Bertz CT molecular complexity index is 786. The molecule has 0 saturated carbocycles. The Morgan fingerprint density at radius 3 is 2.63 bits per heavy atom. The van der Waals surface area contributed by atoms with Crippen molar-refractivity contribution in [2.24, 2.45) is 7.05 Å². The van der Waals surface area contributed by atoms with Crippen molar-refractivity contribution in [2.45, 2.75) is 13.5 Å².